The molecule has 1 unspecified atom stereocenters. The number of hydrogen-bond acceptors (Lipinski definition) is 3. The Kier molecular flexibility index (Phi) is 5.58. The summed E-state index contributed by atoms with van der Waals surface area (Å²) >= 11 is 0. The van der Waals surface area contributed by atoms with Crippen molar-refractivity contribution in [3.05, 3.63) is 28.8 Å². The van der Waals surface area contributed by atoms with Crippen LogP contribution in [0.2, 0.25) is 0 Å². The molecule has 1 atom stereocenters. The largest absolute Gasteiger partial charge is 0.341 e. The highest BCUT2D eigenvalue weighted by Crippen LogP contribution is 2.28. The van der Waals surface area contributed by atoms with Crippen molar-refractivity contribution in [1.82, 2.24) is 4.90 Å². The summed E-state index contributed by atoms with van der Waals surface area (Å²) in [5.41, 5.74) is 3.45. The van der Waals surface area contributed by atoms with E-state index < -0.39 is 10.0 Å². The van der Waals surface area contributed by atoms with E-state index in [2.05, 4.69) is 6.92 Å². The highest BCUT2D eigenvalue weighted by Gasteiger charge is 2.28. The molecule has 0 radical (unpaired) electrons. The van der Waals surface area contributed by atoms with Gasteiger partial charge in [0, 0.05) is 13.1 Å². The van der Waals surface area contributed by atoms with Gasteiger partial charge < -0.3 is 4.90 Å². The van der Waals surface area contributed by atoms with Crippen molar-refractivity contribution in [1.29, 1.82) is 0 Å². The third-order valence-corrected chi connectivity index (χ3v) is 5.69. The van der Waals surface area contributed by atoms with Crippen LogP contribution in [0.15, 0.2) is 12.1 Å². The van der Waals surface area contributed by atoms with Crippen LogP contribution in [0.5, 0.6) is 0 Å². The molecule has 0 N–H and O–H groups in total. The van der Waals surface area contributed by atoms with Crippen LogP contribution in [0.3, 0.4) is 0 Å². The van der Waals surface area contributed by atoms with Gasteiger partial charge in [0.25, 0.3) is 0 Å². The van der Waals surface area contributed by atoms with Crippen LogP contribution >= 0.6 is 0 Å². The van der Waals surface area contributed by atoms with E-state index in [9.17, 15) is 13.2 Å². The summed E-state index contributed by atoms with van der Waals surface area (Å²) in [5.74, 6) is 0.351. The Labute approximate surface area is 145 Å². The van der Waals surface area contributed by atoms with Crippen molar-refractivity contribution in [3.63, 3.8) is 0 Å². The SMILES string of the molecule is Cc1cc(C)c(N(CC(=O)N2CCCC(C)C2)S(C)(=O)=O)c(C)c1. The van der Waals surface area contributed by atoms with E-state index in [1.54, 1.807) is 4.90 Å². The number of aryl methyl sites for hydroxylation is 3. The van der Waals surface area contributed by atoms with E-state index in [0.717, 1.165) is 35.8 Å². The van der Waals surface area contributed by atoms with Gasteiger partial charge in [0.1, 0.15) is 6.54 Å². The fraction of sp³-hybridized carbons (Fsp3) is 0.611. The molecule has 1 aliphatic heterocycles. The van der Waals surface area contributed by atoms with Gasteiger partial charge in [0.2, 0.25) is 15.9 Å². The first-order valence-corrected chi connectivity index (χ1v) is 10.3. The molecule has 2 rings (SSSR count). The molecule has 1 heterocycles. The van der Waals surface area contributed by atoms with Crippen molar-refractivity contribution in [2.24, 2.45) is 5.92 Å². The van der Waals surface area contributed by atoms with Crippen molar-refractivity contribution in [3.8, 4) is 0 Å². The van der Waals surface area contributed by atoms with Gasteiger partial charge in [-0.05, 0) is 50.7 Å². The normalized spacial score (nSPS) is 18.5. The maximum Gasteiger partial charge on any atom is 0.243 e. The fourth-order valence-corrected chi connectivity index (χ4v) is 4.53. The van der Waals surface area contributed by atoms with Crippen LogP contribution in [0.25, 0.3) is 0 Å². The molecule has 1 amide bonds. The zero-order valence-corrected chi connectivity index (χ0v) is 16.1. The lowest BCUT2D eigenvalue weighted by Crippen LogP contribution is -2.46. The predicted molar refractivity (Wildman–Crippen MR) is 97.8 cm³/mol. The van der Waals surface area contributed by atoms with E-state index in [0.29, 0.717) is 24.7 Å². The molecule has 5 nitrogen and oxygen atoms in total. The Morgan fingerprint density at radius 1 is 1.25 bits per heavy atom. The van der Waals surface area contributed by atoms with Gasteiger partial charge in [-0.3, -0.25) is 9.10 Å². The predicted octanol–water partition coefficient (Wildman–Crippen LogP) is 2.64. The molecule has 1 aromatic rings. The number of rotatable bonds is 4. The van der Waals surface area contributed by atoms with Crippen LogP contribution in [0.4, 0.5) is 5.69 Å². The lowest BCUT2D eigenvalue weighted by molar-refractivity contribution is -0.131. The average molecular weight is 353 g/mol. The lowest BCUT2D eigenvalue weighted by Gasteiger charge is -2.33. The molecule has 1 fully saturated rings. The van der Waals surface area contributed by atoms with E-state index in [1.807, 2.05) is 32.9 Å². The number of piperidine rings is 1. The van der Waals surface area contributed by atoms with Crippen molar-refractivity contribution >= 4 is 21.6 Å². The Morgan fingerprint density at radius 3 is 2.33 bits per heavy atom. The molecule has 0 spiro atoms. The molecule has 1 aromatic carbocycles. The second-order valence-corrected chi connectivity index (χ2v) is 9.01. The highest BCUT2D eigenvalue weighted by atomic mass is 32.2. The van der Waals surface area contributed by atoms with E-state index >= 15 is 0 Å². The van der Waals surface area contributed by atoms with Crippen molar-refractivity contribution < 1.29 is 13.2 Å². The average Bonchev–Trinajstić information content (AvgIpc) is 2.44. The molecule has 1 saturated heterocycles. The Hall–Kier alpha value is -1.56. The molecule has 0 aliphatic carbocycles. The molecule has 24 heavy (non-hydrogen) atoms. The molecule has 6 heteroatoms. The fourth-order valence-electron chi connectivity index (χ4n) is 3.57. The second-order valence-electron chi connectivity index (χ2n) is 7.10. The molecule has 0 aromatic heterocycles. The summed E-state index contributed by atoms with van der Waals surface area (Å²) in [4.78, 5) is 14.5. The number of carbonyl (C=O) groups excluding carboxylic acids is 1. The summed E-state index contributed by atoms with van der Waals surface area (Å²) in [6.45, 7) is 9.18. The van der Waals surface area contributed by atoms with Crippen LogP contribution in [0.1, 0.15) is 36.5 Å². The van der Waals surface area contributed by atoms with Gasteiger partial charge in [-0.15, -0.1) is 0 Å². The smallest absolute Gasteiger partial charge is 0.243 e. The van der Waals surface area contributed by atoms with Crippen LogP contribution in [0, 0.1) is 26.7 Å². The van der Waals surface area contributed by atoms with Gasteiger partial charge in [0.15, 0.2) is 0 Å². The minimum atomic E-state index is -3.54. The lowest BCUT2D eigenvalue weighted by atomic mass is 10.0. The minimum Gasteiger partial charge on any atom is -0.341 e. The molecular weight excluding hydrogens is 324 g/mol. The summed E-state index contributed by atoms with van der Waals surface area (Å²) in [5, 5.41) is 0. The number of carbonyl (C=O) groups is 1. The monoisotopic (exact) mass is 352 g/mol. The van der Waals surface area contributed by atoms with Crippen LogP contribution < -0.4 is 4.31 Å². The maximum absolute atomic E-state index is 12.7. The number of benzene rings is 1. The van der Waals surface area contributed by atoms with Gasteiger partial charge in [0.05, 0.1) is 11.9 Å². The second kappa shape index (κ2) is 7.13. The van der Waals surface area contributed by atoms with Gasteiger partial charge in [-0.2, -0.15) is 0 Å². The molecule has 0 saturated carbocycles. The van der Waals surface area contributed by atoms with E-state index in [4.69, 9.17) is 0 Å². The molecule has 134 valence electrons. The van der Waals surface area contributed by atoms with Crippen LogP contribution in [-0.2, 0) is 14.8 Å². The zero-order chi connectivity index (χ0) is 18.1. The summed E-state index contributed by atoms with van der Waals surface area (Å²) in [6.07, 6.45) is 3.27. The number of sulfonamides is 1. The van der Waals surface area contributed by atoms with Gasteiger partial charge in [-0.1, -0.05) is 24.6 Å². The quantitative estimate of drug-likeness (QED) is 0.837. The maximum atomic E-state index is 12.7. The molecular formula is C18H28N2O3S. The van der Waals surface area contributed by atoms with Crippen LogP contribution in [-0.4, -0.2) is 45.1 Å². The Bertz CT molecular complexity index is 705. The van der Waals surface area contributed by atoms with E-state index in [1.165, 1.54) is 4.31 Å². The van der Waals surface area contributed by atoms with Crippen molar-refractivity contribution in [2.75, 3.05) is 30.2 Å². The topological polar surface area (TPSA) is 57.7 Å². The minimum absolute atomic E-state index is 0.119. The van der Waals surface area contributed by atoms with E-state index in [-0.39, 0.29) is 12.5 Å². The summed E-state index contributed by atoms with van der Waals surface area (Å²) in [7, 11) is -3.54. The highest BCUT2D eigenvalue weighted by molar-refractivity contribution is 7.92. The number of amides is 1. The van der Waals surface area contributed by atoms with Gasteiger partial charge in [-0.25, -0.2) is 8.42 Å². The first kappa shape index (κ1) is 18.8. The third-order valence-electron chi connectivity index (χ3n) is 4.57. The first-order valence-electron chi connectivity index (χ1n) is 8.43. The molecule has 1 aliphatic rings. The Morgan fingerprint density at radius 2 is 1.83 bits per heavy atom. The summed E-state index contributed by atoms with van der Waals surface area (Å²) in [6, 6.07) is 3.90. The summed E-state index contributed by atoms with van der Waals surface area (Å²) < 4.78 is 26.0. The zero-order valence-electron chi connectivity index (χ0n) is 15.3. The number of anilines is 1. The molecule has 0 bridgehead atoms. The van der Waals surface area contributed by atoms with Gasteiger partial charge >= 0.3 is 0 Å². The standard InChI is InChI=1S/C18H28N2O3S/c1-13-7-6-8-19(11-13)17(21)12-20(24(5,22)23)18-15(3)9-14(2)10-16(18)4/h9-10,13H,6-8,11-12H2,1-5H3. The number of hydrogen-bond donors (Lipinski definition) is 0. The Balaban J connectivity index is 2.33. The number of nitrogens with zero attached hydrogens (tertiary/aromatic N) is 2. The first-order chi connectivity index (χ1) is 11.1. The number of likely N-dealkylation sites (tertiary alicyclic amines) is 1. The third kappa shape index (κ3) is 4.29. The van der Waals surface area contributed by atoms with Crippen molar-refractivity contribution in [2.45, 2.75) is 40.5 Å².